The van der Waals surface area contributed by atoms with Crippen molar-refractivity contribution in [1.29, 1.82) is 0 Å². The van der Waals surface area contributed by atoms with Crippen molar-refractivity contribution in [3.63, 3.8) is 0 Å². The topological polar surface area (TPSA) is 114 Å². The molecule has 0 bridgehead atoms. The number of allylic oxidation sites excluding steroid dienone is 1. The second-order valence-corrected chi connectivity index (χ2v) is 11.4. The lowest BCUT2D eigenvalue weighted by Gasteiger charge is -2.37. The lowest BCUT2D eigenvalue weighted by atomic mass is 9.85. The number of nitrogens with zero attached hydrogens (tertiary/aromatic N) is 6. The molecule has 0 fully saturated rings. The van der Waals surface area contributed by atoms with E-state index in [0.717, 1.165) is 18.5 Å². The van der Waals surface area contributed by atoms with E-state index in [2.05, 4.69) is 52.0 Å². The standard InChI is InChI=1S/C26H20BrCl2F3N8O/c1-14(18-13-33-11-10-25(18,27)26(30,31)32)34-24(41)22-17(12-21-35-38-39-36-21)23(15-6-8-16(28)9-7-15)40(37-22)20-5-3-2-4-19(20)29/h2-11,13-14,18H,12H2,1H3,(H,34,41)(H,35,36,38,39)/t14-,18?,25?/m1/s1. The molecule has 2 aromatic heterocycles. The minimum Gasteiger partial charge on any atom is -0.347 e. The van der Waals surface area contributed by atoms with Crippen molar-refractivity contribution >= 4 is 51.3 Å². The number of nitrogens with one attached hydrogen (secondary N) is 2. The Balaban J connectivity index is 1.63. The van der Waals surface area contributed by atoms with Gasteiger partial charge in [0, 0.05) is 46.9 Å². The average molecular weight is 668 g/mol. The first kappa shape index (κ1) is 29.0. The molecule has 1 aliphatic heterocycles. The van der Waals surface area contributed by atoms with Gasteiger partial charge in [-0.25, -0.2) is 4.68 Å². The van der Waals surface area contributed by atoms with Crippen molar-refractivity contribution in [2.45, 2.75) is 29.9 Å². The molecule has 0 radical (unpaired) electrons. The van der Waals surface area contributed by atoms with E-state index in [1.165, 1.54) is 11.6 Å². The summed E-state index contributed by atoms with van der Waals surface area (Å²) in [7, 11) is 0. The molecule has 15 heteroatoms. The van der Waals surface area contributed by atoms with Crippen LogP contribution in [0.2, 0.25) is 10.0 Å². The zero-order chi connectivity index (χ0) is 29.4. The molecule has 3 atom stereocenters. The Morgan fingerprint density at radius 3 is 2.59 bits per heavy atom. The van der Waals surface area contributed by atoms with E-state index in [9.17, 15) is 18.0 Å². The van der Waals surface area contributed by atoms with Crippen LogP contribution in [-0.4, -0.2) is 59.1 Å². The number of benzene rings is 2. The van der Waals surface area contributed by atoms with Crippen molar-refractivity contribution in [2.24, 2.45) is 10.9 Å². The van der Waals surface area contributed by atoms with Crippen LogP contribution in [0.5, 0.6) is 0 Å². The summed E-state index contributed by atoms with van der Waals surface area (Å²) < 4.78 is 41.2. The molecule has 41 heavy (non-hydrogen) atoms. The number of carbonyl (C=O) groups is 1. The smallest absolute Gasteiger partial charge is 0.347 e. The van der Waals surface area contributed by atoms with Crippen molar-refractivity contribution < 1.29 is 18.0 Å². The van der Waals surface area contributed by atoms with Gasteiger partial charge in [-0.3, -0.25) is 9.79 Å². The highest BCUT2D eigenvalue weighted by Gasteiger charge is 2.58. The highest BCUT2D eigenvalue weighted by Crippen LogP contribution is 2.46. The van der Waals surface area contributed by atoms with E-state index >= 15 is 0 Å². The Morgan fingerprint density at radius 1 is 1.20 bits per heavy atom. The lowest BCUT2D eigenvalue weighted by Crippen LogP contribution is -2.54. The molecule has 0 aliphatic carbocycles. The third-order valence-corrected chi connectivity index (χ3v) is 8.40. The van der Waals surface area contributed by atoms with Gasteiger partial charge in [0.15, 0.2) is 15.8 Å². The van der Waals surface area contributed by atoms with Crippen LogP contribution in [-0.2, 0) is 6.42 Å². The molecule has 5 rings (SSSR count). The summed E-state index contributed by atoms with van der Waals surface area (Å²) in [6.45, 7) is 1.47. The number of aliphatic imine (C=N–C) groups is 1. The normalized spacial score (nSPS) is 19.3. The molecular formula is C26H20BrCl2F3N8O. The number of para-hydroxylation sites is 1. The van der Waals surface area contributed by atoms with Crippen LogP contribution < -0.4 is 5.32 Å². The van der Waals surface area contributed by atoms with Crippen LogP contribution in [0.15, 0.2) is 65.8 Å². The Kier molecular flexibility index (Phi) is 8.04. The highest BCUT2D eigenvalue weighted by molar-refractivity contribution is 9.10. The number of amides is 1. The zero-order valence-corrected chi connectivity index (χ0v) is 24.2. The van der Waals surface area contributed by atoms with Crippen LogP contribution >= 0.6 is 39.1 Å². The maximum atomic E-state index is 14.0. The summed E-state index contributed by atoms with van der Waals surface area (Å²) >= 11 is 15.5. The first-order valence-electron chi connectivity index (χ1n) is 12.1. The second kappa shape index (κ2) is 11.4. The fraction of sp³-hybridized carbons (Fsp3) is 0.231. The number of hydrogen-bond donors (Lipinski definition) is 2. The summed E-state index contributed by atoms with van der Waals surface area (Å²) in [5.41, 5.74) is 1.96. The number of carbonyl (C=O) groups excluding carboxylic acids is 1. The molecule has 9 nitrogen and oxygen atoms in total. The van der Waals surface area contributed by atoms with Gasteiger partial charge in [-0.05, 0) is 37.3 Å². The first-order chi connectivity index (χ1) is 19.5. The van der Waals surface area contributed by atoms with Gasteiger partial charge in [-0.15, -0.1) is 10.2 Å². The van der Waals surface area contributed by atoms with Gasteiger partial charge in [0.1, 0.15) is 0 Å². The summed E-state index contributed by atoms with van der Waals surface area (Å²) in [5.74, 6) is -1.70. The molecule has 4 aromatic rings. The van der Waals surface area contributed by atoms with Gasteiger partial charge >= 0.3 is 6.18 Å². The quantitative estimate of drug-likeness (QED) is 0.236. The Labute approximate surface area is 250 Å². The molecule has 0 saturated heterocycles. The van der Waals surface area contributed by atoms with Gasteiger partial charge in [-0.2, -0.15) is 23.5 Å². The minimum atomic E-state index is -4.66. The molecule has 1 amide bonds. The van der Waals surface area contributed by atoms with Crippen molar-refractivity contribution in [1.82, 2.24) is 35.7 Å². The molecule has 2 aromatic carbocycles. The number of H-pyrrole nitrogens is 1. The predicted molar refractivity (Wildman–Crippen MR) is 152 cm³/mol. The van der Waals surface area contributed by atoms with Crippen LogP contribution in [0.4, 0.5) is 13.2 Å². The van der Waals surface area contributed by atoms with Crippen LogP contribution in [0.25, 0.3) is 16.9 Å². The third kappa shape index (κ3) is 5.66. The van der Waals surface area contributed by atoms with E-state index < -0.39 is 28.4 Å². The van der Waals surface area contributed by atoms with Crippen molar-refractivity contribution in [3.8, 4) is 16.9 Å². The molecule has 1 aliphatic rings. The number of aromatic amines is 1. The van der Waals surface area contributed by atoms with Gasteiger partial charge in [-0.1, -0.05) is 68.6 Å². The fourth-order valence-corrected chi connectivity index (χ4v) is 5.55. The van der Waals surface area contributed by atoms with E-state index in [1.807, 2.05) is 0 Å². The Bertz CT molecular complexity index is 1620. The van der Waals surface area contributed by atoms with E-state index in [4.69, 9.17) is 23.2 Å². The summed E-state index contributed by atoms with van der Waals surface area (Å²) in [5, 5.41) is 22.2. The molecule has 0 saturated carbocycles. The van der Waals surface area contributed by atoms with Gasteiger partial charge < -0.3 is 5.32 Å². The minimum absolute atomic E-state index is 0.0224. The van der Waals surface area contributed by atoms with Gasteiger partial charge in [0.05, 0.1) is 16.4 Å². The second-order valence-electron chi connectivity index (χ2n) is 9.22. The largest absolute Gasteiger partial charge is 0.408 e. The third-order valence-electron chi connectivity index (χ3n) is 6.59. The Morgan fingerprint density at radius 2 is 1.93 bits per heavy atom. The monoisotopic (exact) mass is 666 g/mol. The molecule has 3 heterocycles. The maximum absolute atomic E-state index is 14.0. The van der Waals surface area contributed by atoms with Crippen LogP contribution in [0.3, 0.4) is 0 Å². The summed E-state index contributed by atoms with van der Waals surface area (Å²) in [6, 6.07) is 12.8. The molecule has 0 spiro atoms. The van der Waals surface area contributed by atoms with Crippen LogP contribution in [0, 0.1) is 5.92 Å². The van der Waals surface area contributed by atoms with Crippen molar-refractivity contribution in [2.75, 3.05) is 0 Å². The number of alkyl halides is 4. The summed E-state index contributed by atoms with van der Waals surface area (Å²) in [6.07, 6.45) is -1.48. The fourth-order valence-electron chi connectivity index (χ4n) is 4.57. The van der Waals surface area contributed by atoms with E-state index in [1.54, 1.807) is 48.5 Å². The molecule has 2 unspecified atom stereocenters. The number of rotatable bonds is 7. The maximum Gasteiger partial charge on any atom is 0.408 e. The number of aromatic nitrogens is 6. The Hall–Kier alpha value is -3.55. The number of hydrogen-bond acceptors (Lipinski definition) is 6. The zero-order valence-electron chi connectivity index (χ0n) is 21.1. The molecule has 212 valence electrons. The number of tetrazole rings is 1. The van der Waals surface area contributed by atoms with Gasteiger partial charge in [0.25, 0.3) is 5.91 Å². The van der Waals surface area contributed by atoms with Crippen LogP contribution in [0.1, 0.15) is 28.8 Å². The van der Waals surface area contributed by atoms with E-state index in [-0.39, 0.29) is 17.9 Å². The van der Waals surface area contributed by atoms with Gasteiger partial charge in [0.2, 0.25) is 0 Å². The SMILES string of the molecule is C[C@@H](NC(=O)c1nn(-c2ccccc2Cl)c(-c2ccc(Cl)cc2)c1Cc1nn[nH]n1)C1C=NC=CC1(Br)C(F)(F)F. The van der Waals surface area contributed by atoms with Crippen molar-refractivity contribution in [3.05, 3.63) is 87.9 Å². The average Bonchev–Trinajstić information content (AvgIpc) is 3.57. The first-order valence-corrected chi connectivity index (χ1v) is 13.7. The number of halogens is 6. The highest BCUT2D eigenvalue weighted by atomic mass is 79.9. The predicted octanol–water partition coefficient (Wildman–Crippen LogP) is 5.98. The lowest BCUT2D eigenvalue weighted by molar-refractivity contribution is -0.153. The molecule has 2 N–H and O–H groups in total. The summed E-state index contributed by atoms with van der Waals surface area (Å²) in [4.78, 5) is 17.7. The molecular weight excluding hydrogens is 648 g/mol. The van der Waals surface area contributed by atoms with E-state index in [0.29, 0.717) is 32.6 Å².